The number of fused-ring (bicyclic) bond motifs is 1. The number of nitrogens with one attached hydrogen (secondary N) is 1. The SMILES string of the molecule is CCC(=O)N1CCc2cc(C(=O)NC[C@@H](c3ccc(Cl)cc3)N(C)C)ccc21. The van der Waals surface area contributed by atoms with Crippen LogP contribution >= 0.6 is 11.6 Å². The van der Waals surface area contributed by atoms with E-state index in [2.05, 4.69) is 10.2 Å². The second-order valence-electron chi connectivity index (χ2n) is 7.23. The van der Waals surface area contributed by atoms with Crippen molar-refractivity contribution in [2.75, 3.05) is 32.1 Å². The lowest BCUT2D eigenvalue weighted by Gasteiger charge is -2.25. The number of carbonyl (C=O) groups is 2. The van der Waals surface area contributed by atoms with Crippen LogP contribution in [0.1, 0.15) is 40.9 Å². The lowest BCUT2D eigenvalue weighted by molar-refractivity contribution is -0.118. The van der Waals surface area contributed by atoms with Gasteiger partial charge in [-0.2, -0.15) is 0 Å². The van der Waals surface area contributed by atoms with Crippen LogP contribution < -0.4 is 10.2 Å². The molecule has 28 heavy (non-hydrogen) atoms. The number of anilines is 1. The molecule has 0 unspecified atom stereocenters. The Hall–Kier alpha value is -2.37. The third kappa shape index (κ3) is 4.37. The highest BCUT2D eigenvalue weighted by molar-refractivity contribution is 6.30. The molecule has 1 aliphatic heterocycles. The Morgan fingerprint density at radius 2 is 1.89 bits per heavy atom. The Morgan fingerprint density at radius 1 is 1.18 bits per heavy atom. The molecule has 2 aromatic rings. The van der Waals surface area contributed by atoms with Crippen LogP contribution in [0.25, 0.3) is 0 Å². The molecule has 2 amide bonds. The molecule has 1 aliphatic rings. The minimum Gasteiger partial charge on any atom is -0.350 e. The number of hydrogen-bond donors (Lipinski definition) is 1. The normalized spacial score (nSPS) is 14.1. The van der Waals surface area contributed by atoms with Crippen molar-refractivity contribution in [3.05, 3.63) is 64.2 Å². The molecule has 6 heteroatoms. The Labute approximate surface area is 171 Å². The highest BCUT2D eigenvalue weighted by Gasteiger charge is 2.24. The summed E-state index contributed by atoms with van der Waals surface area (Å²) in [6, 6.07) is 13.3. The Bertz CT molecular complexity index is 865. The first-order chi connectivity index (χ1) is 13.4. The number of likely N-dealkylation sites (N-methyl/N-ethyl adjacent to an activating group) is 1. The van der Waals surface area contributed by atoms with E-state index in [0.717, 1.165) is 23.2 Å². The lowest BCUT2D eigenvalue weighted by Crippen LogP contribution is -2.34. The molecule has 0 bridgehead atoms. The third-order valence-corrected chi connectivity index (χ3v) is 5.43. The van der Waals surface area contributed by atoms with Gasteiger partial charge in [0.1, 0.15) is 0 Å². The molecule has 1 heterocycles. The fraction of sp³-hybridized carbons (Fsp3) is 0.364. The summed E-state index contributed by atoms with van der Waals surface area (Å²) in [6.07, 6.45) is 1.27. The van der Waals surface area contributed by atoms with Gasteiger partial charge in [0.05, 0.1) is 6.04 Å². The molecular weight excluding hydrogens is 374 g/mol. The van der Waals surface area contributed by atoms with Crippen LogP contribution in [-0.4, -0.2) is 43.9 Å². The fourth-order valence-corrected chi connectivity index (χ4v) is 3.69. The molecule has 0 aliphatic carbocycles. The summed E-state index contributed by atoms with van der Waals surface area (Å²) in [5.74, 6) is 0.0108. The molecule has 0 saturated carbocycles. The van der Waals surface area contributed by atoms with E-state index in [9.17, 15) is 9.59 Å². The number of rotatable bonds is 6. The van der Waals surface area contributed by atoms with Crippen LogP contribution in [-0.2, 0) is 11.2 Å². The average Bonchev–Trinajstić information content (AvgIpc) is 3.11. The summed E-state index contributed by atoms with van der Waals surface area (Å²) in [5, 5.41) is 3.73. The van der Waals surface area contributed by atoms with Gasteiger partial charge in [0.15, 0.2) is 0 Å². The first kappa shape index (κ1) is 20.4. The molecule has 0 spiro atoms. The highest BCUT2D eigenvalue weighted by atomic mass is 35.5. The molecule has 1 N–H and O–H groups in total. The van der Waals surface area contributed by atoms with Crippen LogP contribution in [0, 0.1) is 0 Å². The molecule has 3 rings (SSSR count). The molecular formula is C22H26ClN3O2. The van der Waals surface area contributed by atoms with Crippen molar-refractivity contribution >= 4 is 29.1 Å². The van der Waals surface area contributed by atoms with E-state index in [4.69, 9.17) is 11.6 Å². The number of amides is 2. The summed E-state index contributed by atoms with van der Waals surface area (Å²) in [7, 11) is 3.97. The fourth-order valence-electron chi connectivity index (χ4n) is 3.57. The van der Waals surface area contributed by atoms with Gasteiger partial charge in [0.2, 0.25) is 5.91 Å². The zero-order valence-corrected chi connectivity index (χ0v) is 17.3. The van der Waals surface area contributed by atoms with E-state index >= 15 is 0 Å². The molecule has 0 radical (unpaired) electrons. The average molecular weight is 400 g/mol. The smallest absolute Gasteiger partial charge is 0.251 e. The van der Waals surface area contributed by atoms with Crippen LogP contribution in [0.2, 0.25) is 5.02 Å². The summed E-state index contributed by atoms with van der Waals surface area (Å²) in [5.41, 5.74) is 3.70. The molecule has 0 fully saturated rings. The first-order valence-electron chi connectivity index (χ1n) is 9.54. The molecule has 0 saturated heterocycles. The van der Waals surface area contributed by atoms with E-state index < -0.39 is 0 Å². The molecule has 2 aromatic carbocycles. The maximum Gasteiger partial charge on any atom is 0.251 e. The first-order valence-corrected chi connectivity index (χ1v) is 9.92. The number of carbonyl (C=O) groups excluding carboxylic acids is 2. The van der Waals surface area contributed by atoms with Gasteiger partial charge in [-0.25, -0.2) is 0 Å². The van der Waals surface area contributed by atoms with Crippen LogP contribution in [0.15, 0.2) is 42.5 Å². The summed E-state index contributed by atoms with van der Waals surface area (Å²) in [4.78, 5) is 28.6. The van der Waals surface area contributed by atoms with Crippen molar-refractivity contribution in [1.29, 1.82) is 0 Å². The second kappa shape index (κ2) is 8.76. The molecule has 1 atom stereocenters. The largest absolute Gasteiger partial charge is 0.350 e. The highest BCUT2D eigenvalue weighted by Crippen LogP contribution is 2.29. The van der Waals surface area contributed by atoms with Crippen LogP contribution in [0.3, 0.4) is 0 Å². The van der Waals surface area contributed by atoms with Crippen LogP contribution in [0.5, 0.6) is 0 Å². The lowest BCUT2D eigenvalue weighted by atomic mass is 10.1. The summed E-state index contributed by atoms with van der Waals surface area (Å²) < 4.78 is 0. The van der Waals surface area contributed by atoms with Gasteiger partial charge in [-0.1, -0.05) is 30.7 Å². The van der Waals surface area contributed by atoms with E-state index in [1.807, 2.05) is 57.4 Å². The Balaban J connectivity index is 1.69. The second-order valence-corrected chi connectivity index (χ2v) is 7.67. The van der Waals surface area contributed by atoms with Crippen molar-refractivity contribution in [3.8, 4) is 0 Å². The molecule has 5 nitrogen and oxygen atoms in total. The Morgan fingerprint density at radius 3 is 2.54 bits per heavy atom. The van der Waals surface area contributed by atoms with E-state index in [0.29, 0.717) is 30.1 Å². The van der Waals surface area contributed by atoms with Crippen LogP contribution in [0.4, 0.5) is 5.69 Å². The van der Waals surface area contributed by atoms with Crippen molar-refractivity contribution in [1.82, 2.24) is 10.2 Å². The van der Waals surface area contributed by atoms with Crippen molar-refractivity contribution < 1.29 is 9.59 Å². The maximum atomic E-state index is 12.7. The standard InChI is InChI=1S/C22H26ClN3O2/c1-4-21(27)26-12-11-16-13-17(7-10-19(16)26)22(28)24-14-20(25(2)3)15-5-8-18(23)9-6-15/h5-10,13,20H,4,11-12,14H2,1-3H3,(H,24,28)/t20-/m0/s1. The van der Waals surface area contributed by atoms with Gasteiger partial charge in [0, 0.05) is 35.8 Å². The van der Waals surface area contributed by atoms with Gasteiger partial charge >= 0.3 is 0 Å². The zero-order chi connectivity index (χ0) is 20.3. The van der Waals surface area contributed by atoms with Crippen molar-refractivity contribution in [3.63, 3.8) is 0 Å². The number of benzene rings is 2. The molecule has 148 valence electrons. The van der Waals surface area contributed by atoms with Crippen molar-refractivity contribution in [2.24, 2.45) is 0 Å². The number of hydrogen-bond acceptors (Lipinski definition) is 3. The molecule has 0 aromatic heterocycles. The van der Waals surface area contributed by atoms with Gasteiger partial charge < -0.3 is 15.1 Å². The van der Waals surface area contributed by atoms with E-state index in [-0.39, 0.29) is 17.9 Å². The van der Waals surface area contributed by atoms with Gasteiger partial charge in [-0.3, -0.25) is 9.59 Å². The minimum absolute atomic E-state index is 0.0494. The zero-order valence-electron chi connectivity index (χ0n) is 16.5. The Kier molecular flexibility index (Phi) is 6.37. The van der Waals surface area contributed by atoms with Crippen molar-refractivity contribution in [2.45, 2.75) is 25.8 Å². The monoisotopic (exact) mass is 399 g/mol. The predicted molar refractivity (Wildman–Crippen MR) is 113 cm³/mol. The minimum atomic E-state index is -0.108. The quantitative estimate of drug-likeness (QED) is 0.806. The number of nitrogens with zero attached hydrogens (tertiary/aromatic N) is 2. The number of halogens is 1. The topological polar surface area (TPSA) is 52.7 Å². The third-order valence-electron chi connectivity index (χ3n) is 5.17. The predicted octanol–water partition coefficient (Wildman–Crippen LogP) is 3.67. The van der Waals surface area contributed by atoms with E-state index in [1.165, 1.54) is 0 Å². The summed E-state index contributed by atoms with van der Waals surface area (Å²) in [6.45, 7) is 3.04. The van der Waals surface area contributed by atoms with Gasteiger partial charge in [-0.15, -0.1) is 0 Å². The summed E-state index contributed by atoms with van der Waals surface area (Å²) >= 11 is 5.98. The van der Waals surface area contributed by atoms with E-state index in [1.54, 1.807) is 11.0 Å². The maximum absolute atomic E-state index is 12.7. The van der Waals surface area contributed by atoms with Gasteiger partial charge in [-0.05, 0) is 62.0 Å². The van der Waals surface area contributed by atoms with Gasteiger partial charge in [0.25, 0.3) is 5.91 Å².